The Labute approximate surface area is 198 Å². The van der Waals surface area contributed by atoms with Crippen LogP contribution in [0.15, 0.2) is 77.7 Å². The van der Waals surface area contributed by atoms with E-state index < -0.39 is 22.0 Å². The smallest absolute Gasteiger partial charge is 0.243 e. The van der Waals surface area contributed by atoms with Crippen LogP contribution in [-0.2, 0) is 19.6 Å². The van der Waals surface area contributed by atoms with E-state index in [9.17, 15) is 18.0 Å². The zero-order valence-corrected chi connectivity index (χ0v) is 19.8. The van der Waals surface area contributed by atoms with E-state index in [0.717, 1.165) is 10.8 Å². The summed E-state index contributed by atoms with van der Waals surface area (Å²) >= 11 is 4.46. The first kappa shape index (κ1) is 23.3. The van der Waals surface area contributed by atoms with Gasteiger partial charge in [0.2, 0.25) is 21.8 Å². The molecule has 1 aliphatic heterocycles. The summed E-state index contributed by atoms with van der Waals surface area (Å²) in [5, 5.41) is 4.19. The number of hydrogen-bond donors (Lipinski definition) is 2. The van der Waals surface area contributed by atoms with Gasteiger partial charge >= 0.3 is 0 Å². The summed E-state index contributed by atoms with van der Waals surface area (Å²) in [6, 6.07) is 20.4. The van der Waals surface area contributed by atoms with Gasteiger partial charge in [-0.05, 0) is 41.5 Å². The maximum atomic E-state index is 13.5. The molecule has 0 radical (unpaired) electrons. The lowest BCUT2D eigenvalue weighted by atomic mass is 10.1. The van der Waals surface area contributed by atoms with Gasteiger partial charge in [0.1, 0.15) is 6.04 Å². The number of likely N-dealkylation sites (N-methyl/N-ethyl adjacent to an activating group) is 1. The monoisotopic (exact) mass is 483 g/mol. The van der Waals surface area contributed by atoms with Crippen LogP contribution in [0.4, 0.5) is 5.69 Å². The molecule has 1 saturated heterocycles. The molecule has 4 rings (SSSR count). The molecule has 2 atom stereocenters. The minimum Gasteiger partial charge on any atom is -0.335 e. The second-order valence-corrected chi connectivity index (χ2v) is 10.7. The highest BCUT2D eigenvalue weighted by atomic mass is 32.2. The average Bonchev–Trinajstić information content (AvgIpc) is 3.21. The molecule has 7 nitrogen and oxygen atoms in total. The predicted octanol–water partition coefficient (Wildman–Crippen LogP) is 3.00. The van der Waals surface area contributed by atoms with Gasteiger partial charge in [0.05, 0.1) is 11.4 Å². The summed E-state index contributed by atoms with van der Waals surface area (Å²) in [5.41, 5.74) is 0.625. The first-order chi connectivity index (χ1) is 15.8. The number of sulfonamides is 1. The third-order valence-corrected chi connectivity index (χ3v) is 7.91. The molecule has 1 heterocycles. The zero-order chi connectivity index (χ0) is 23.6. The van der Waals surface area contributed by atoms with Gasteiger partial charge in [-0.1, -0.05) is 48.5 Å². The van der Waals surface area contributed by atoms with Crippen molar-refractivity contribution < 1.29 is 18.0 Å². The van der Waals surface area contributed by atoms with Gasteiger partial charge in [-0.2, -0.15) is 16.9 Å². The van der Waals surface area contributed by atoms with Crippen LogP contribution >= 0.6 is 12.6 Å². The summed E-state index contributed by atoms with van der Waals surface area (Å²) in [4.78, 5) is 27.0. The van der Waals surface area contributed by atoms with E-state index >= 15 is 0 Å². The van der Waals surface area contributed by atoms with Crippen LogP contribution in [0.25, 0.3) is 10.8 Å². The number of fused-ring (bicyclic) bond motifs is 1. The van der Waals surface area contributed by atoms with Crippen molar-refractivity contribution in [3.8, 4) is 0 Å². The molecule has 33 heavy (non-hydrogen) atoms. The summed E-state index contributed by atoms with van der Waals surface area (Å²) < 4.78 is 28.1. The van der Waals surface area contributed by atoms with Crippen molar-refractivity contribution in [2.24, 2.45) is 0 Å². The maximum absolute atomic E-state index is 13.5. The van der Waals surface area contributed by atoms with Gasteiger partial charge < -0.3 is 10.2 Å². The molecule has 172 valence electrons. The van der Waals surface area contributed by atoms with Gasteiger partial charge in [-0.3, -0.25) is 9.59 Å². The number of carbonyl (C=O) groups is 2. The number of carbonyl (C=O) groups excluding carboxylic acids is 2. The number of rotatable bonds is 6. The molecule has 3 aromatic carbocycles. The van der Waals surface area contributed by atoms with Crippen LogP contribution in [-0.4, -0.2) is 60.9 Å². The maximum Gasteiger partial charge on any atom is 0.243 e. The molecule has 0 bridgehead atoms. The van der Waals surface area contributed by atoms with Crippen LogP contribution in [0, 0.1) is 0 Å². The largest absolute Gasteiger partial charge is 0.335 e. The summed E-state index contributed by atoms with van der Waals surface area (Å²) in [5.74, 6) is -0.791. The van der Waals surface area contributed by atoms with Crippen molar-refractivity contribution in [1.29, 1.82) is 0 Å². The Morgan fingerprint density at radius 2 is 1.70 bits per heavy atom. The highest BCUT2D eigenvalue weighted by molar-refractivity contribution is 7.89. The molecule has 0 unspecified atom stereocenters. The highest BCUT2D eigenvalue weighted by Crippen LogP contribution is 2.31. The van der Waals surface area contributed by atoms with E-state index in [1.165, 1.54) is 16.3 Å². The van der Waals surface area contributed by atoms with Crippen molar-refractivity contribution in [3.05, 3.63) is 72.8 Å². The molecule has 1 N–H and O–H groups in total. The molecule has 0 spiro atoms. The Bertz CT molecular complexity index is 1280. The third kappa shape index (κ3) is 5.05. The fourth-order valence-corrected chi connectivity index (χ4v) is 6.17. The lowest BCUT2D eigenvalue weighted by Crippen LogP contribution is -2.48. The summed E-state index contributed by atoms with van der Waals surface area (Å²) in [6.07, 6.45) is 0.277. The highest BCUT2D eigenvalue weighted by Gasteiger charge is 2.44. The molecule has 0 saturated carbocycles. The molecule has 1 fully saturated rings. The predicted molar refractivity (Wildman–Crippen MR) is 132 cm³/mol. The second kappa shape index (κ2) is 9.54. The van der Waals surface area contributed by atoms with Gasteiger partial charge in [-0.25, -0.2) is 8.42 Å². The number of hydrogen-bond acceptors (Lipinski definition) is 5. The molecule has 2 amide bonds. The Balaban J connectivity index is 1.52. The summed E-state index contributed by atoms with van der Waals surface area (Å²) in [7, 11) is -2.43. The van der Waals surface area contributed by atoms with E-state index in [4.69, 9.17) is 0 Å². The Morgan fingerprint density at radius 3 is 2.42 bits per heavy atom. The van der Waals surface area contributed by atoms with Crippen LogP contribution in [0.3, 0.4) is 0 Å². The van der Waals surface area contributed by atoms with E-state index in [1.807, 2.05) is 30.3 Å². The topological polar surface area (TPSA) is 86.8 Å². The van der Waals surface area contributed by atoms with E-state index in [2.05, 4.69) is 17.9 Å². The molecule has 0 aliphatic carbocycles. The number of nitrogens with zero attached hydrogens (tertiary/aromatic N) is 2. The van der Waals surface area contributed by atoms with Gasteiger partial charge in [-0.15, -0.1) is 0 Å². The fraction of sp³-hybridized carbons (Fsp3) is 0.250. The van der Waals surface area contributed by atoms with E-state index in [-0.39, 0.29) is 35.6 Å². The van der Waals surface area contributed by atoms with Crippen molar-refractivity contribution in [3.63, 3.8) is 0 Å². The molecular formula is C24H25N3O4S2. The van der Waals surface area contributed by atoms with Gasteiger partial charge in [0.25, 0.3) is 0 Å². The fourth-order valence-electron chi connectivity index (χ4n) is 4.01. The molecule has 9 heteroatoms. The van der Waals surface area contributed by atoms with Gasteiger partial charge in [0.15, 0.2) is 0 Å². The summed E-state index contributed by atoms with van der Waals surface area (Å²) in [6.45, 7) is -0.0654. The number of para-hydroxylation sites is 1. The second-order valence-electron chi connectivity index (χ2n) is 8.10. The number of amides is 2. The van der Waals surface area contributed by atoms with Crippen molar-refractivity contribution in [2.75, 3.05) is 25.5 Å². The third-order valence-electron chi connectivity index (χ3n) is 5.66. The van der Waals surface area contributed by atoms with Crippen LogP contribution in [0.1, 0.15) is 6.42 Å². The lowest BCUT2D eigenvalue weighted by Gasteiger charge is -2.27. The minimum absolute atomic E-state index is 0.124. The van der Waals surface area contributed by atoms with Crippen LogP contribution < -0.4 is 5.32 Å². The standard InChI is InChI=1S/C24H25N3O4S2/c1-26(16-23(28)25-19-9-3-2-4-10-19)24(29)22-14-20(32)15-27(22)33(30,31)21-12-11-17-7-5-6-8-18(17)13-21/h2-13,20,22,32H,14-16H2,1H3,(H,25,28)/t20-,22+/m1/s1. The molecule has 1 aliphatic rings. The van der Waals surface area contributed by atoms with Crippen molar-refractivity contribution in [2.45, 2.75) is 22.6 Å². The van der Waals surface area contributed by atoms with E-state index in [0.29, 0.717) is 5.69 Å². The molecule has 3 aromatic rings. The molecule has 0 aromatic heterocycles. The quantitative estimate of drug-likeness (QED) is 0.528. The lowest BCUT2D eigenvalue weighted by molar-refractivity contribution is -0.136. The van der Waals surface area contributed by atoms with Crippen molar-refractivity contribution >= 4 is 50.9 Å². The first-order valence-corrected chi connectivity index (χ1v) is 12.5. The first-order valence-electron chi connectivity index (χ1n) is 10.5. The molecular weight excluding hydrogens is 458 g/mol. The Hall–Kier alpha value is -2.88. The number of anilines is 1. The number of nitrogens with one attached hydrogen (secondary N) is 1. The van der Waals surface area contributed by atoms with E-state index in [1.54, 1.807) is 42.5 Å². The normalized spacial score (nSPS) is 18.8. The number of thiol groups is 1. The van der Waals surface area contributed by atoms with Crippen LogP contribution in [0.2, 0.25) is 0 Å². The van der Waals surface area contributed by atoms with Gasteiger partial charge in [0, 0.05) is 24.5 Å². The van der Waals surface area contributed by atoms with Crippen LogP contribution in [0.5, 0.6) is 0 Å². The Morgan fingerprint density at radius 1 is 1.03 bits per heavy atom. The zero-order valence-electron chi connectivity index (χ0n) is 18.1. The SMILES string of the molecule is CN(CC(=O)Nc1ccccc1)C(=O)[C@@H]1C[C@@H](S)CN1S(=O)(=O)c1ccc2ccccc2c1. The number of benzene rings is 3. The minimum atomic E-state index is -3.93. The Kier molecular flexibility index (Phi) is 6.73. The van der Waals surface area contributed by atoms with Crippen molar-refractivity contribution in [1.82, 2.24) is 9.21 Å². The average molecular weight is 484 g/mol.